The maximum atomic E-state index is 11.3. The summed E-state index contributed by atoms with van der Waals surface area (Å²) in [5.74, 6) is 0.785. The summed E-state index contributed by atoms with van der Waals surface area (Å²) >= 11 is 0. The lowest BCUT2D eigenvalue weighted by atomic mass is 9.97. The average molecular weight is 295 g/mol. The van der Waals surface area contributed by atoms with Gasteiger partial charge in [-0.1, -0.05) is 6.92 Å². The first-order valence-electron chi connectivity index (χ1n) is 7.14. The van der Waals surface area contributed by atoms with Crippen LogP contribution in [0.1, 0.15) is 26.0 Å². The summed E-state index contributed by atoms with van der Waals surface area (Å²) in [5.41, 5.74) is 0.292. The monoisotopic (exact) mass is 295 g/mol. The van der Waals surface area contributed by atoms with E-state index < -0.39 is 4.92 Å². The number of hydrogen-bond acceptors (Lipinski definition) is 7. The van der Waals surface area contributed by atoms with Crippen molar-refractivity contribution in [2.24, 2.45) is 5.92 Å². The van der Waals surface area contributed by atoms with E-state index in [1.807, 2.05) is 18.7 Å². The second-order valence-electron chi connectivity index (χ2n) is 5.37. The lowest BCUT2D eigenvalue weighted by Gasteiger charge is -2.34. The summed E-state index contributed by atoms with van der Waals surface area (Å²) in [6.07, 6.45) is 0.217. The molecule has 2 heterocycles. The number of nitrogens with one attached hydrogen (secondary N) is 1. The van der Waals surface area contributed by atoms with Gasteiger partial charge in [0.2, 0.25) is 11.8 Å². The van der Waals surface area contributed by atoms with Crippen molar-refractivity contribution in [2.45, 2.75) is 33.3 Å². The van der Waals surface area contributed by atoms with Crippen molar-refractivity contribution in [3.63, 3.8) is 0 Å². The van der Waals surface area contributed by atoms with E-state index in [1.54, 1.807) is 6.92 Å². The summed E-state index contributed by atoms with van der Waals surface area (Å²) in [7, 11) is 0. The summed E-state index contributed by atoms with van der Waals surface area (Å²) in [5, 5.41) is 24.1. The van der Waals surface area contributed by atoms with E-state index in [2.05, 4.69) is 15.3 Å². The highest BCUT2D eigenvalue weighted by atomic mass is 16.6. The number of aromatic nitrogens is 2. The van der Waals surface area contributed by atoms with Crippen molar-refractivity contribution in [3.05, 3.63) is 15.8 Å². The Morgan fingerprint density at radius 1 is 1.52 bits per heavy atom. The van der Waals surface area contributed by atoms with Crippen LogP contribution in [0.4, 0.5) is 17.5 Å². The fourth-order valence-electron chi connectivity index (χ4n) is 2.55. The maximum Gasteiger partial charge on any atom is 0.332 e. The van der Waals surface area contributed by atoms with E-state index in [-0.39, 0.29) is 17.7 Å². The van der Waals surface area contributed by atoms with Gasteiger partial charge in [-0.15, -0.1) is 0 Å². The van der Waals surface area contributed by atoms with Crippen molar-refractivity contribution in [2.75, 3.05) is 29.9 Å². The Morgan fingerprint density at radius 2 is 2.24 bits per heavy atom. The highest BCUT2D eigenvalue weighted by Crippen LogP contribution is 2.32. The van der Waals surface area contributed by atoms with Crippen LogP contribution in [0.15, 0.2) is 0 Å². The van der Waals surface area contributed by atoms with E-state index in [0.29, 0.717) is 43.5 Å². The molecule has 0 bridgehead atoms. The number of nitrogens with zero attached hydrogens (tertiary/aromatic N) is 4. The van der Waals surface area contributed by atoms with E-state index in [9.17, 15) is 15.2 Å². The van der Waals surface area contributed by atoms with Crippen molar-refractivity contribution in [1.29, 1.82) is 0 Å². The van der Waals surface area contributed by atoms with Gasteiger partial charge in [0.15, 0.2) is 0 Å². The molecule has 1 fully saturated rings. The molecule has 2 N–H and O–H groups in total. The number of aliphatic hydroxyl groups excluding tert-OH is 1. The summed E-state index contributed by atoms with van der Waals surface area (Å²) in [6, 6.07) is 0. The zero-order valence-electron chi connectivity index (χ0n) is 12.5. The first-order valence-corrected chi connectivity index (χ1v) is 7.14. The smallest absolute Gasteiger partial charge is 0.332 e. The number of anilines is 2. The first-order chi connectivity index (χ1) is 9.93. The van der Waals surface area contributed by atoms with Gasteiger partial charge in [-0.05, 0) is 26.2 Å². The van der Waals surface area contributed by atoms with Gasteiger partial charge in [-0.3, -0.25) is 10.1 Å². The molecule has 0 saturated carbocycles. The third kappa shape index (κ3) is 3.21. The van der Waals surface area contributed by atoms with Gasteiger partial charge >= 0.3 is 5.69 Å². The van der Waals surface area contributed by atoms with Gasteiger partial charge in [-0.2, -0.15) is 4.98 Å². The molecule has 1 saturated heterocycles. The van der Waals surface area contributed by atoms with E-state index >= 15 is 0 Å². The summed E-state index contributed by atoms with van der Waals surface area (Å²) in [6.45, 7) is 7.21. The topological polar surface area (TPSA) is 104 Å². The molecule has 2 unspecified atom stereocenters. The molecular formula is C13H21N5O3. The molecule has 8 nitrogen and oxygen atoms in total. The van der Waals surface area contributed by atoms with Crippen LogP contribution in [0.25, 0.3) is 0 Å². The fourth-order valence-corrected chi connectivity index (χ4v) is 2.55. The molecule has 116 valence electrons. The molecule has 0 spiro atoms. The van der Waals surface area contributed by atoms with Crippen LogP contribution in [-0.2, 0) is 0 Å². The van der Waals surface area contributed by atoms with Crippen molar-refractivity contribution < 1.29 is 10.0 Å². The number of rotatable bonds is 4. The molecule has 1 aliphatic rings. The lowest BCUT2D eigenvalue weighted by molar-refractivity contribution is -0.385. The van der Waals surface area contributed by atoms with Crippen LogP contribution >= 0.6 is 0 Å². The zero-order chi connectivity index (χ0) is 15.6. The SMILES string of the molecule is CCNc1nc(C)c([N+](=O)[O-])c(N2CCC(O)C(C)C2)n1. The molecule has 1 aromatic heterocycles. The molecule has 1 aromatic rings. The molecule has 8 heteroatoms. The largest absolute Gasteiger partial charge is 0.393 e. The zero-order valence-corrected chi connectivity index (χ0v) is 12.5. The van der Waals surface area contributed by atoms with Gasteiger partial charge in [0.25, 0.3) is 0 Å². The molecule has 2 rings (SSSR count). The molecule has 1 aliphatic heterocycles. The molecule has 2 atom stereocenters. The molecule has 0 aromatic carbocycles. The Balaban J connectivity index is 2.42. The summed E-state index contributed by atoms with van der Waals surface area (Å²) < 4.78 is 0. The van der Waals surface area contributed by atoms with Crippen molar-refractivity contribution in [3.8, 4) is 0 Å². The normalized spacial score (nSPS) is 22.2. The Hall–Kier alpha value is -1.96. The molecule has 21 heavy (non-hydrogen) atoms. The molecule has 0 radical (unpaired) electrons. The van der Waals surface area contributed by atoms with Crippen LogP contribution < -0.4 is 10.2 Å². The van der Waals surface area contributed by atoms with Gasteiger partial charge in [0.1, 0.15) is 5.69 Å². The maximum absolute atomic E-state index is 11.3. The molecule has 0 amide bonds. The van der Waals surface area contributed by atoms with Crippen LogP contribution in [-0.4, -0.2) is 45.7 Å². The minimum Gasteiger partial charge on any atom is -0.393 e. The van der Waals surface area contributed by atoms with E-state index in [4.69, 9.17) is 0 Å². The minimum absolute atomic E-state index is 0.0520. The van der Waals surface area contributed by atoms with Gasteiger partial charge in [-0.25, -0.2) is 4.98 Å². The first kappa shape index (κ1) is 15.4. The van der Waals surface area contributed by atoms with Gasteiger partial charge in [0, 0.05) is 19.6 Å². The van der Waals surface area contributed by atoms with Crippen molar-refractivity contribution >= 4 is 17.5 Å². The molecule has 0 aliphatic carbocycles. The quantitative estimate of drug-likeness (QED) is 0.637. The van der Waals surface area contributed by atoms with Gasteiger partial charge < -0.3 is 15.3 Å². The fraction of sp³-hybridized carbons (Fsp3) is 0.692. The Morgan fingerprint density at radius 3 is 2.81 bits per heavy atom. The highest BCUT2D eigenvalue weighted by molar-refractivity contribution is 5.62. The predicted molar refractivity (Wildman–Crippen MR) is 79.6 cm³/mol. The van der Waals surface area contributed by atoms with Gasteiger partial charge in [0.05, 0.1) is 11.0 Å². The lowest BCUT2D eigenvalue weighted by Crippen LogP contribution is -2.42. The van der Waals surface area contributed by atoms with Crippen molar-refractivity contribution in [1.82, 2.24) is 9.97 Å². The highest BCUT2D eigenvalue weighted by Gasteiger charge is 2.31. The number of piperidine rings is 1. The van der Waals surface area contributed by atoms with Crippen LogP contribution in [0.5, 0.6) is 0 Å². The standard InChI is InChI=1S/C13H21N5O3/c1-4-14-13-15-9(3)11(18(20)21)12(16-13)17-6-5-10(19)8(2)7-17/h8,10,19H,4-7H2,1-3H3,(H,14,15,16). The third-order valence-corrected chi connectivity index (χ3v) is 3.72. The second-order valence-corrected chi connectivity index (χ2v) is 5.37. The van der Waals surface area contributed by atoms with Crippen LogP contribution in [0.3, 0.4) is 0 Å². The minimum atomic E-state index is -0.434. The third-order valence-electron chi connectivity index (χ3n) is 3.72. The number of nitro groups is 1. The predicted octanol–water partition coefficient (Wildman–Crippen LogP) is 1.33. The second kappa shape index (κ2) is 6.21. The molecular weight excluding hydrogens is 274 g/mol. The Bertz CT molecular complexity index is 537. The van der Waals surface area contributed by atoms with Crippen LogP contribution in [0.2, 0.25) is 0 Å². The number of aryl methyl sites for hydroxylation is 1. The summed E-state index contributed by atoms with van der Waals surface area (Å²) in [4.78, 5) is 21.2. The number of hydrogen-bond donors (Lipinski definition) is 2. The average Bonchev–Trinajstić information content (AvgIpc) is 2.41. The van der Waals surface area contributed by atoms with E-state index in [1.165, 1.54) is 0 Å². The van der Waals surface area contributed by atoms with E-state index in [0.717, 1.165) is 0 Å². The van der Waals surface area contributed by atoms with Crippen LogP contribution in [0, 0.1) is 23.0 Å². The Kier molecular flexibility index (Phi) is 4.56. The Labute approximate surface area is 123 Å². The number of aliphatic hydroxyl groups is 1.